The summed E-state index contributed by atoms with van der Waals surface area (Å²) in [6.45, 7) is 3.90. The molecule has 0 N–H and O–H groups in total. The molecular weight excluding hydrogens is 366 g/mol. The fraction of sp³-hybridized carbons (Fsp3) is 0.850. The van der Waals surface area contributed by atoms with Gasteiger partial charge in [0.1, 0.15) is 12.6 Å². The Morgan fingerprint density at radius 2 is 1.64 bits per heavy atom. The second kappa shape index (κ2) is 14.3. The highest BCUT2D eigenvalue weighted by atomic mass is 16.6. The van der Waals surface area contributed by atoms with Crippen molar-refractivity contribution in [2.24, 2.45) is 0 Å². The molecule has 0 fully saturated rings. The van der Waals surface area contributed by atoms with Crippen LogP contribution in [0.4, 0.5) is 0 Å². The molecule has 0 bridgehead atoms. The number of hydrogen-bond donors (Lipinski definition) is 0. The van der Waals surface area contributed by atoms with Crippen LogP contribution in [0.2, 0.25) is 0 Å². The fourth-order valence-electron chi connectivity index (χ4n) is 2.58. The largest absolute Gasteiger partial charge is 0.544 e. The molecule has 0 spiro atoms. The molecule has 0 rings (SSSR count). The van der Waals surface area contributed by atoms with Gasteiger partial charge in [-0.1, -0.05) is 33.1 Å². The van der Waals surface area contributed by atoms with E-state index in [1.54, 1.807) is 28.1 Å². The number of ether oxygens (including phenoxy) is 3. The SMILES string of the molecule is CCCCCCC(=O)OC(COCCC(C(=O)[O-])[N+](C)(C)C)COC(=O)CC. The van der Waals surface area contributed by atoms with Gasteiger partial charge < -0.3 is 28.6 Å². The summed E-state index contributed by atoms with van der Waals surface area (Å²) >= 11 is 0. The third-order valence-corrected chi connectivity index (χ3v) is 4.30. The highest BCUT2D eigenvalue weighted by Crippen LogP contribution is 2.09. The number of quaternary nitrogens is 1. The number of carbonyl (C=O) groups is 3. The maximum Gasteiger partial charge on any atom is 0.306 e. The number of carboxylic acids is 1. The van der Waals surface area contributed by atoms with Gasteiger partial charge in [0.05, 0.1) is 40.3 Å². The Balaban J connectivity index is 4.49. The van der Waals surface area contributed by atoms with Gasteiger partial charge in [0.2, 0.25) is 0 Å². The molecule has 2 atom stereocenters. The normalized spacial score (nSPS) is 13.6. The first-order valence-electron chi connectivity index (χ1n) is 10.1. The summed E-state index contributed by atoms with van der Waals surface area (Å²) in [5.74, 6) is -1.87. The number of rotatable bonds is 16. The van der Waals surface area contributed by atoms with E-state index in [4.69, 9.17) is 14.2 Å². The van der Waals surface area contributed by atoms with Crippen LogP contribution >= 0.6 is 0 Å². The second-order valence-electron chi connectivity index (χ2n) is 7.77. The molecule has 0 aliphatic carbocycles. The minimum atomic E-state index is -1.14. The van der Waals surface area contributed by atoms with E-state index < -0.39 is 18.1 Å². The predicted octanol–water partition coefficient (Wildman–Crippen LogP) is 1.05. The quantitative estimate of drug-likeness (QED) is 0.216. The summed E-state index contributed by atoms with van der Waals surface area (Å²) in [7, 11) is 5.31. The molecule has 0 saturated heterocycles. The van der Waals surface area contributed by atoms with Crippen molar-refractivity contribution in [2.45, 2.75) is 70.9 Å². The highest BCUT2D eigenvalue weighted by molar-refractivity contribution is 5.70. The van der Waals surface area contributed by atoms with E-state index in [1.807, 2.05) is 0 Å². The lowest BCUT2D eigenvalue weighted by molar-refractivity contribution is -0.889. The fourth-order valence-corrected chi connectivity index (χ4v) is 2.58. The second-order valence-corrected chi connectivity index (χ2v) is 7.77. The zero-order valence-electron chi connectivity index (χ0n) is 18.0. The van der Waals surface area contributed by atoms with Crippen LogP contribution in [0, 0.1) is 0 Å². The first-order valence-corrected chi connectivity index (χ1v) is 10.1. The van der Waals surface area contributed by atoms with E-state index in [9.17, 15) is 19.5 Å². The van der Waals surface area contributed by atoms with Gasteiger partial charge in [-0.3, -0.25) is 9.59 Å². The highest BCUT2D eigenvalue weighted by Gasteiger charge is 2.25. The molecule has 0 aromatic carbocycles. The van der Waals surface area contributed by atoms with Crippen LogP contribution < -0.4 is 5.11 Å². The van der Waals surface area contributed by atoms with Crippen LogP contribution in [0.5, 0.6) is 0 Å². The van der Waals surface area contributed by atoms with Crippen LogP contribution in [0.15, 0.2) is 0 Å². The van der Waals surface area contributed by atoms with Gasteiger partial charge in [-0.15, -0.1) is 0 Å². The maximum absolute atomic E-state index is 12.0. The number of hydrogen-bond acceptors (Lipinski definition) is 7. The molecular formula is C20H37NO7. The van der Waals surface area contributed by atoms with E-state index >= 15 is 0 Å². The molecule has 0 amide bonds. The van der Waals surface area contributed by atoms with Crippen molar-refractivity contribution in [3.05, 3.63) is 0 Å². The Morgan fingerprint density at radius 1 is 0.964 bits per heavy atom. The number of unbranched alkanes of at least 4 members (excludes halogenated alkanes) is 3. The summed E-state index contributed by atoms with van der Waals surface area (Å²) in [5.41, 5.74) is 0. The Kier molecular flexibility index (Phi) is 13.5. The summed E-state index contributed by atoms with van der Waals surface area (Å²) in [5, 5.41) is 11.3. The predicted molar refractivity (Wildman–Crippen MR) is 102 cm³/mol. The van der Waals surface area contributed by atoms with Crippen molar-refractivity contribution in [2.75, 3.05) is 41.0 Å². The summed E-state index contributed by atoms with van der Waals surface area (Å²) in [6, 6.07) is -0.711. The van der Waals surface area contributed by atoms with Crippen LogP contribution in [-0.2, 0) is 28.6 Å². The topological polar surface area (TPSA) is 102 Å². The van der Waals surface area contributed by atoms with E-state index in [1.165, 1.54) is 0 Å². The van der Waals surface area contributed by atoms with Crippen LogP contribution in [0.3, 0.4) is 0 Å². The molecule has 0 radical (unpaired) electrons. The first-order chi connectivity index (χ1) is 13.1. The van der Waals surface area contributed by atoms with Crippen molar-refractivity contribution < 1.29 is 38.2 Å². The number of carboxylic acid groups (broad SMARTS) is 1. The Hall–Kier alpha value is -1.67. The number of aliphatic carboxylic acids is 1. The number of esters is 2. The van der Waals surface area contributed by atoms with Gasteiger partial charge in [0.25, 0.3) is 0 Å². The molecule has 0 aromatic heterocycles. The zero-order chi connectivity index (χ0) is 21.6. The number of nitrogens with zero attached hydrogens (tertiary/aromatic N) is 1. The van der Waals surface area contributed by atoms with Crippen LogP contribution in [0.25, 0.3) is 0 Å². The van der Waals surface area contributed by atoms with Gasteiger partial charge in [0.15, 0.2) is 6.10 Å². The molecule has 0 heterocycles. The number of carbonyl (C=O) groups excluding carboxylic acids is 3. The minimum absolute atomic E-state index is 0.0363. The zero-order valence-corrected chi connectivity index (χ0v) is 18.0. The summed E-state index contributed by atoms with van der Waals surface area (Å²) < 4.78 is 16.2. The van der Waals surface area contributed by atoms with E-state index in [0.717, 1.165) is 25.7 Å². The molecule has 2 unspecified atom stereocenters. The van der Waals surface area contributed by atoms with Crippen LogP contribution in [-0.4, -0.2) is 75.5 Å². The van der Waals surface area contributed by atoms with E-state index in [0.29, 0.717) is 6.42 Å². The van der Waals surface area contributed by atoms with Crippen molar-refractivity contribution in [1.29, 1.82) is 0 Å². The molecule has 8 nitrogen and oxygen atoms in total. The Morgan fingerprint density at radius 3 is 2.18 bits per heavy atom. The third kappa shape index (κ3) is 12.7. The van der Waals surface area contributed by atoms with Gasteiger partial charge in [-0.05, 0) is 6.42 Å². The van der Waals surface area contributed by atoms with Gasteiger partial charge in [0, 0.05) is 19.3 Å². The Bertz CT molecular complexity index is 474. The molecule has 0 aliphatic heterocycles. The maximum atomic E-state index is 12.0. The van der Waals surface area contributed by atoms with Crippen molar-refractivity contribution in [1.82, 2.24) is 0 Å². The van der Waals surface area contributed by atoms with Gasteiger partial charge >= 0.3 is 11.9 Å². The molecule has 0 aliphatic rings. The lowest BCUT2D eigenvalue weighted by atomic mass is 10.1. The van der Waals surface area contributed by atoms with Gasteiger partial charge in [-0.25, -0.2) is 0 Å². The molecule has 164 valence electrons. The third-order valence-electron chi connectivity index (χ3n) is 4.30. The summed E-state index contributed by atoms with van der Waals surface area (Å²) in [6.07, 6.45) is 3.97. The first kappa shape index (κ1) is 26.3. The minimum Gasteiger partial charge on any atom is -0.544 e. The van der Waals surface area contributed by atoms with Crippen molar-refractivity contribution >= 4 is 17.9 Å². The molecule has 0 aromatic rings. The standard InChI is InChI=1S/C20H37NO7/c1-6-8-9-10-11-19(23)28-16(15-27-18(22)7-2)14-26-13-12-17(20(24)25)21(3,4)5/h16-17H,6-15H2,1-5H3. The average molecular weight is 404 g/mol. The van der Waals surface area contributed by atoms with Crippen molar-refractivity contribution in [3.63, 3.8) is 0 Å². The van der Waals surface area contributed by atoms with E-state index in [-0.39, 0.29) is 49.1 Å². The average Bonchev–Trinajstić information content (AvgIpc) is 2.60. The smallest absolute Gasteiger partial charge is 0.306 e. The molecule has 8 heteroatoms. The van der Waals surface area contributed by atoms with Crippen molar-refractivity contribution in [3.8, 4) is 0 Å². The Labute approximate surface area is 168 Å². The lowest BCUT2D eigenvalue weighted by Crippen LogP contribution is -2.55. The number of likely N-dealkylation sites (N-methyl/N-ethyl adjacent to an activating group) is 1. The van der Waals surface area contributed by atoms with Crippen LogP contribution in [0.1, 0.15) is 58.8 Å². The summed E-state index contributed by atoms with van der Waals surface area (Å²) in [4.78, 5) is 34.6. The van der Waals surface area contributed by atoms with E-state index in [2.05, 4.69) is 6.92 Å². The monoisotopic (exact) mass is 403 g/mol. The van der Waals surface area contributed by atoms with Gasteiger partial charge in [-0.2, -0.15) is 0 Å². The lowest BCUT2D eigenvalue weighted by Gasteiger charge is -2.34. The molecule has 0 saturated carbocycles. The molecule has 28 heavy (non-hydrogen) atoms.